The molecule has 0 radical (unpaired) electrons. The van der Waals surface area contributed by atoms with E-state index in [-0.39, 0.29) is 32.5 Å². The summed E-state index contributed by atoms with van der Waals surface area (Å²) in [5.74, 6) is 6.90. The van der Waals surface area contributed by atoms with Crippen LogP contribution in [0.4, 0.5) is 0 Å². The molecule has 4 heteroatoms. The minimum absolute atomic E-state index is 0.0200. The Morgan fingerprint density at radius 3 is 1.62 bits per heavy atom. The van der Waals surface area contributed by atoms with E-state index in [4.69, 9.17) is 4.99 Å². The minimum atomic E-state index is -0.288. The van der Waals surface area contributed by atoms with Crippen molar-refractivity contribution >= 4 is 18.1 Å². The van der Waals surface area contributed by atoms with E-state index in [0.717, 1.165) is 5.92 Å². The second kappa shape index (κ2) is 15.3. The van der Waals surface area contributed by atoms with Crippen LogP contribution in [0, 0.1) is 46.8 Å². The predicted octanol–water partition coefficient (Wildman–Crippen LogP) is 16.1. The van der Waals surface area contributed by atoms with Crippen molar-refractivity contribution in [3.63, 3.8) is 0 Å². The first kappa shape index (κ1) is 48.4. The number of aliphatic imine (C=N–C) groups is 1. The van der Waals surface area contributed by atoms with Gasteiger partial charge in [-0.3, -0.25) is 0 Å². The predicted molar refractivity (Wildman–Crippen MR) is 321 cm³/mol. The average molecular weight is 1020 g/mol. The van der Waals surface area contributed by atoms with Gasteiger partial charge < -0.3 is 9.80 Å². The fourth-order valence-electron chi connectivity index (χ4n) is 21.5. The first-order valence-corrected chi connectivity index (χ1v) is 31.4. The van der Waals surface area contributed by atoms with Crippen LogP contribution in [-0.4, -0.2) is 52.7 Å². The van der Waals surface area contributed by atoms with Crippen LogP contribution in [0.5, 0.6) is 0 Å². The van der Waals surface area contributed by atoms with Crippen LogP contribution in [-0.2, 0) is 27.1 Å². The van der Waals surface area contributed by atoms with Crippen LogP contribution in [0.25, 0.3) is 22.3 Å². The van der Waals surface area contributed by atoms with Gasteiger partial charge in [0.2, 0.25) is 0 Å². The molecule has 0 N–H and O–H groups in total. The highest BCUT2D eigenvalue weighted by molar-refractivity contribution is 6.78. The van der Waals surface area contributed by atoms with Gasteiger partial charge in [0.25, 0.3) is 0 Å². The summed E-state index contributed by atoms with van der Waals surface area (Å²) in [5, 5.41) is 0. The third kappa shape index (κ3) is 5.91. The van der Waals surface area contributed by atoms with E-state index in [1.165, 1.54) is 96.3 Å². The molecule has 5 aromatic rings. The Hall–Kier alpha value is -4.57. The van der Waals surface area contributed by atoms with E-state index in [2.05, 4.69) is 204 Å². The summed E-state index contributed by atoms with van der Waals surface area (Å²) in [7, 11) is 0. The van der Waals surface area contributed by atoms with E-state index in [9.17, 15) is 0 Å². The van der Waals surface area contributed by atoms with Gasteiger partial charge in [0.05, 0.1) is 12.1 Å². The molecule has 4 saturated carbocycles. The fourth-order valence-corrected chi connectivity index (χ4v) is 21.5. The molecular formula is C73H88BN3. The third-order valence-electron chi connectivity index (χ3n) is 24.9. The molecule has 2 spiro atoms. The molecule has 11 aliphatic rings. The molecule has 3 nitrogen and oxygen atoms in total. The van der Waals surface area contributed by atoms with Gasteiger partial charge in [-0.25, -0.2) is 4.99 Å². The summed E-state index contributed by atoms with van der Waals surface area (Å²) in [6.07, 6.45) is 10.4. The molecule has 77 heavy (non-hydrogen) atoms. The Bertz CT molecular complexity index is 3320. The zero-order chi connectivity index (χ0) is 53.2. The zero-order valence-corrected chi connectivity index (χ0v) is 49.4. The molecule has 0 aromatic heterocycles. The van der Waals surface area contributed by atoms with Gasteiger partial charge in [0.1, 0.15) is 0 Å². The number of hydrogen-bond acceptors (Lipinski definition) is 3. The van der Waals surface area contributed by atoms with Crippen LogP contribution < -0.4 is 5.46 Å². The van der Waals surface area contributed by atoms with Gasteiger partial charge in [-0.1, -0.05) is 206 Å². The fraction of sp³-hybridized carbons (Fsp3) is 0.575. The molecule has 5 aromatic carbocycles. The number of rotatable bonds is 0. The highest BCUT2D eigenvalue weighted by atomic mass is 15.5. The summed E-state index contributed by atoms with van der Waals surface area (Å²) in [5.41, 5.74) is 21.7. The first-order valence-electron chi connectivity index (χ1n) is 31.4. The van der Waals surface area contributed by atoms with Crippen molar-refractivity contribution < 1.29 is 0 Å². The Kier molecular flexibility index (Phi) is 9.58. The lowest BCUT2D eigenvalue weighted by atomic mass is 9.13. The number of guanidine groups is 1. The maximum absolute atomic E-state index is 6.34. The van der Waals surface area contributed by atoms with Crippen LogP contribution in [0.2, 0.25) is 11.6 Å². The third-order valence-corrected chi connectivity index (χ3v) is 24.9. The van der Waals surface area contributed by atoms with Crippen molar-refractivity contribution in [2.24, 2.45) is 51.8 Å². The Morgan fingerprint density at radius 1 is 0.494 bits per heavy atom. The Morgan fingerprint density at radius 2 is 1.04 bits per heavy atom. The number of nitrogens with zero attached hydrogens (tertiary/aromatic N) is 3. The molecule has 5 heterocycles. The van der Waals surface area contributed by atoms with E-state index in [1.807, 2.05) is 0 Å². The summed E-state index contributed by atoms with van der Waals surface area (Å²) in [6.45, 7) is 35.5. The molecule has 16 rings (SSSR count). The monoisotopic (exact) mass is 1020 g/mol. The molecule has 0 amide bonds. The topological polar surface area (TPSA) is 18.8 Å². The van der Waals surface area contributed by atoms with Crippen LogP contribution in [0.1, 0.15) is 198 Å². The Labute approximate surface area is 464 Å². The minimum Gasteiger partial charge on any atom is -0.337 e. The van der Waals surface area contributed by atoms with Crippen molar-refractivity contribution in [1.82, 2.24) is 9.80 Å². The summed E-state index contributed by atoms with van der Waals surface area (Å²) < 4.78 is 0. The van der Waals surface area contributed by atoms with Crippen molar-refractivity contribution in [3.05, 3.63) is 147 Å². The summed E-state index contributed by atoms with van der Waals surface area (Å²) >= 11 is 0. The molecule has 2 saturated heterocycles. The molecule has 15 unspecified atom stereocenters. The average Bonchev–Trinajstić information content (AvgIpc) is 3.21. The Balaban J connectivity index is 1.06. The quantitative estimate of drug-likeness (QED) is 0.144. The SMILES string of the molecule is CC1CC2N=C3N(C2CC1C)C1CC(C(C)(C)C)CC2CC4C5B6c7c(cccc7C47c4ccccc4-c4ccc(C(C)(C)C)cc47)C4(c7cc(C(C)(C)C)ccc7-c7ccc(C(C)(C)C)cc74)C4CCCC(C64)N3C5C21. The highest BCUT2D eigenvalue weighted by Crippen LogP contribution is 2.76. The molecule has 15 atom stereocenters. The molecule has 0 bridgehead atoms. The molecule has 398 valence electrons. The zero-order valence-electron chi connectivity index (χ0n) is 49.4. The van der Waals surface area contributed by atoms with E-state index in [0.29, 0.717) is 84.1 Å². The first-order chi connectivity index (χ1) is 36.5. The highest BCUT2D eigenvalue weighted by Gasteiger charge is 2.76. The molecule has 6 aliphatic carbocycles. The molecule has 6 fully saturated rings. The van der Waals surface area contributed by atoms with Gasteiger partial charge in [-0.15, -0.1) is 0 Å². The van der Waals surface area contributed by atoms with Crippen molar-refractivity contribution in [2.45, 2.75) is 217 Å². The van der Waals surface area contributed by atoms with Gasteiger partial charge >= 0.3 is 0 Å². The van der Waals surface area contributed by atoms with E-state index < -0.39 is 0 Å². The smallest absolute Gasteiger partial charge is 0.198 e. The van der Waals surface area contributed by atoms with Crippen molar-refractivity contribution in [1.29, 1.82) is 0 Å². The van der Waals surface area contributed by atoms with Gasteiger partial charge in [0.15, 0.2) is 12.7 Å². The summed E-state index contributed by atoms with van der Waals surface area (Å²) in [4.78, 5) is 12.8. The van der Waals surface area contributed by atoms with Crippen molar-refractivity contribution in [3.8, 4) is 22.3 Å². The molecule has 5 aliphatic heterocycles. The standard InChI is InChI=1S/C73H88BN3/c1-39-31-58-60(32-40(39)2)76-61-38-45(71(12,13)14)33-41-34-57-65-66(62(41)61)77(67(76)75-58)59-24-18-23-53-64(59)74(65)63-51(72(57)50-20-16-15-19-46(50)47-28-25-42(35-54(47)72)68(3,4)5)21-17-22-52(63)73(53)55-36-43(69(6,7)8)26-29-48(55)49-30-27-44(37-56(49)73)70(9,10)11/h15-17,19-22,25-30,35-37,39-41,45,53,57-62,64-66H,18,23-24,31-34,38H2,1-14H3. The number of fused-ring (bicyclic) bond motifs is 20. The maximum atomic E-state index is 6.34. The maximum Gasteiger partial charge on any atom is 0.198 e. The summed E-state index contributed by atoms with van der Waals surface area (Å²) in [6, 6.07) is 44.1. The normalized spacial score (nSPS) is 35.9. The lowest BCUT2D eigenvalue weighted by Gasteiger charge is -2.74. The van der Waals surface area contributed by atoms with Crippen molar-refractivity contribution in [2.75, 3.05) is 0 Å². The second-order valence-corrected chi connectivity index (χ2v) is 32.3. The number of benzene rings is 5. The van der Waals surface area contributed by atoms with Gasteiger partial charge in [-0.05, 0) is 186 Å². The van der Waals surface area contributed by atoms with Crippen LogP contribution in [0.15, 0.2) is 102 Å². The van der Waals surface area contributed by atoms with E-state index >= 15 is 0 Å². The number of hydrogen-bond donors (Lipinski definition) is 0. The van der Waals surface area contributed by atoms with Crippen LogP contribution in [0.3, 0.4) is 0 Å². The lowest BCUT2D eigenvalue weighted by molar-refractivity contribution is -0.104. The van der Waals surface area contributed by atoms with E-state index in [1.54, 1.807) is 38.8 Å². The largest absolute Gasteiger partial charge is 0.337 e. The lowest BCUT2D eigenvalue weighted by Crippen LogP contribution is -2.82. The van der Waals surface area contributed by atoms with Crippen LogP contribution >= 0.6 is 0 Å². The van der Waals surface area contributed by atoms with Gasteiger partial charge in [0, 0.05) is 34.9 Å². The molecular weight excluding hydrogens is 930 g/mol. The van der Waals surface area contributed by atoms with Gasteiger partial charge in [-0.2, -0.15) is 0 Å². The second-order valence-electron chi connectivity index (χ2n) is 32.3.